The number of aromatic carboxylic acids is 1. The molecule has 1 aromatic rings. The molecule has 1 N–H and O–H groups in total. The Hall–Kier alpha value is -1.95. The van der Waals surface area contributed by atoms with Gasteiger partial charge >= 0.3 is 5.97 Å². The van der Waals surface area contributed by atoms with Crippen LogP contribution in [0.2, 0.25) is 0 Å². The predicted octanol–water partition coefficient (Wildman–Crippen LogP) is 2.10. The van der Waals surface area contributed by atoms with Crippen LogP contribution < -0.4 is 4.74 Å². The fourth-order valence-electron chi connectivity index (χ4n) is 1.16. The number of carboxylic acids is 1. The van der Waals surface area contributed by atoms with Gasteiger partial charge in [0.25, 0.3) is 0 Å². The highest BCUT2D eigenvalue weighted by molar-refractivity contribution is 5.89. The zero-order chi connectivity index (χ0) is 11.3. The van der Waals surface area contributed by atoms with Crippen LogP contribution in [-0.4, -0.2) is 17.7 Å². The lowest BCUT2D eigenvalue weighted by Crippen LogP contribution is -2.00. The minimum Gasteiger partial charge on any atom is -0.481 e. The highest BCUT2D eigenvalue weighted by Crippen LogP contribution is 2.17. The van der Waals surface area contributed by atoms with Crippen molar-refractivity contribution >= 4 is 5.97 Å². The summed E-state index contributed by atoms with van der Waals surface area (Å²) in [5, 5.41) is 8.81. The van der Waals surface area contributed by atoms with Crippen molar-refractivity contribution in [2.24, 2.45) is 0 Å². The summed E-state index contributed by atoms with van der Waals surface area (Å²) in [6.45, 7) is 3.80. The van der Waals surface area contributed by atoms with E-state index in [0.717, 1.165) is 0 Å². The van der Waals surface area contributed by atoms with Gasteiger partial charge in [-0.05, 0) is 37.6 Å². The molecule has 3 heteroatoms. The van der Waals surface area contributed by atoms with Crippen molar-refractivity contribution < 1.29 is 14.6 Å². The van der Waals surface area contributed by atoms with Crippen LogP contribution in [0.4, 0.5) is 0 Å². The number of benzene rings is 1. The minimum atomic E-state index is -0.924. The first-order chi connectivity index (χ1) is 7.15. The molecule has 3 nitrogen and oxygen atoms in total. The van der Waals surface area contributed by atoms with Crippen molar-refractivity contribution in [1.82, 2.24) is 0 Å². The van der Waals surface area contributed by atoms with E-state index in [4.69, 9.17) is 9.84 Å². The maximum Gasteiger partial charge on any atom is 0.335 e. The first-order valence-electron chi connectivity index (χ1n) is 4.51. The zero-order valence-corrected chi connectivity index (χ0v) is 8.70. The summed E-state index contributed by atoms with van der Waals surface area (Å²) in [5.41, 5.74) is 0.980. The van der Waals surface area contributed by atoms with E-state index >= 15 is 0 Å². The van der Waals surface area contributed by atoms with Crippen molar-refractivity contribution in [3.05, 3.63) is 29.3 Å². The van der Waals surface area contributed by atoms with E-state index in [1.807, 2.05) is 0 Å². The van der Waals surface area contributed by atoms with Crippen LogP contribution in [0.15, 0.2) is 18.2 Å². The molecule has 1 rings (SSSR count). The van der Waals surface area contributed by atoms with Gasteiger partial charge in [0.1, 0.15) is 12.4 Å². The second kappa shape index (κ2) is 5.06. The fourth-order valence-corrected chi connectivity index (χ4v) is 1.16. The van der Waals surface area contributed by atoms with E-state index < -0.39 is 5.97 Å². The van der Waals surface area contributed by atoms with Crippen LogP contribution in [0.5, 0.6) is 5.75 Å². The first kappa shape index (κ1) is 11.1. The summed E-state index contributed by atoms with van der Waals surface area (Å²) < 4.78 is 5.30. The van der Waals surface area contributed by atoms with E-state index in [-0.39, 0.29) is 0 Å². The molecule has 15 heavy (non-hydrogen) atoms. The lowest BCUT2D eigenvalue weighted by atomic mass is 10.1. The molecule has 0 aliphatic heterocycles. The van der Waals surface area contributed by atoms with Crippen LogP contribution in [0.1, 0.15) is 22.8 Å². The predicted molar refractivity (Wildman–Crippen MR) is 57.1 cm³/mol. The molecule has 0 saturated heterocycles. The highest BCUT2D eigenvalue weighted by atomic mass is 16.5. The average molecular weight is 204 g/mol. The summed E-state index contributed by atoms with van der Waals surface area (Å²) in [4.78, 5) is 10.7. The van der Waals surface area contributed by atoms with E-state index in [9.17, 15) is 4.79 Å². The lowest BCUT2D eigenvalue weighted by Gasteiger charge is -2.05. The lowest BCUT2D eigenvalue weighted by molar-refractivity contribution is 0.0696. The molecule has 0 aliphatic rings. The van der Waals surface area contributed by atoms with Crippen LogP contribution in [0.3, 0.4) is 0 Å². The number of rotatable bonds is 3. The molecule has 0 amide bonds. The summed E-state index contributed by atoms with van der Waals surface area (Å²) >= 11 is 0. The summed E-state index contributed by atoms with van der Waals surface area (Å²) in [6, 6.07) is 4.86. The Kier molecular flexibility index (Phi) is 3.75. The molecule has 0 unspecified atom stereocenters. The fraction of sp³-hybridized carbons (Fsp3) is 0.250. The molecule has 0 saturated carbocycles. The van der Waals surface area contributed by atoms with Gasteiger partial charge in [0.05, 0.1) is 5.56 Å². The Labute approximate surface area is 88.7 Å². The third-order valence-corrected chi connectivity index (χ3v) is 1.92. The maximum absolute atomic E-state index is 10.7. The molecule has 0 bridgehead atoms. The van der Waals surface area contributed by atoms with Crippen LogP contribution in [-0.2, 0) is 0 Å². The number of aryl methyl sites for hydroxylation is 1. The van der Waals surface area contributed by atoms with Gasteiger partial charge in [-0.15, -0.1) is 5.92 Å². The van der Waals surface area contributed by atoms with Crippen LogP contribution in [0.25, 0.3) is 0 Å². The van der Waals surface area contributed by atoms with Gasteiger partial charge in [-0.3, -0.25) is 0 Å². The molecule has 0 atom stereocenters. The summed E-state index contributed by atoms with van der Waals surface area (Å²) in [5.74, 6) is 5.19. The Morgan fingerprint density at radius 1 is 1.53 bits per heavy atom. The van der Waals surface area contributed by atoms with Gasteiger partial charge in [0.2, 0.25) is 0 Å². The van der Waals surface area contributed by atoms with Crippen molar-refractivity contribution in [2.45, 2.75) is 13.8 Å². The second-order valence-corrected chi connectivity index (χ2v) is 3.00. The number of carbonyl (C=O) groups is 1. The average Bonchev–Trinajstić information content (AvgIpc) is 2.17. The minimum absolute atomic E-state index is 0.295. The van der Waals surface area contributed by atoms with Crippen LogP contribution >= 0.6 is 0 Å². The van der Waals surface area contributed by atoms with Gasteiger partial charge in [0.15, 0.2) is 0 Å². The van der Waals surface area contributed by atoms with E-state index in [2.05, 4.69) is 11.8 Å². The molecule has 0 heterocycles. The number of carboxylic acid groups (broad SMARTS) is 1. The van der Waals surface area contributed by atoms with E-state index in [0.29, 0.717) is 23.5 Å². The Balaban J connectivity index is 2.80. The van der Waals surface area contributed by atoms with Crippen molar-refractivity contribution in [3.8, 4) is 17.6 Å². The molecule has 0 aliphatic carbocycles. The summed E-state index contributed by atoms with van der Waals surface area (Å²) in [7, 11) is 0. The quantitative estimate of drug-likeness (QED) is 0.767. The van der Waals surface area contributed by atoms with Crippen molar-refractivity contribution in [1.29, 1.82) is 0 Å². The Morgan fingerprint density at radius 2 is 2.27 bits per heavy atom. The highest BCUT2D eigenvalue weighted by Gasteiger charge is 2.06. The molecule has 0 fully saturated rings. The molecular formula is C12H12O3. The SMILES string of the molecule is CC#CCOc1ccc(C(=O)O)c(C)c1. The third kappa shape index (κ3) is 3.03. The molecule has 0 radical (unpaired) electrons. The van der Waals surface area contributed by atoms with Gasteiger partial charge < -0.3 is 9.84 Å². The normalized spacial score (nSPS) is 8.93. The zero-order valence-electron chi connectivity index (χ0n) is 8.70. The molecule has 1 aromatic carbocycles. The van der Waals surface area contributed by atoms with E-state index in [1.54, 1.807) is 26.0 Å². The Morgan fingerprint density at radius 3 is 2.80 bits per heavy atom. The van der Waals surface area contributed by atoms with Gasteiger partial charge in [-0.1, -0.05) is 5.92 Å². The Bertz CT molecular complexity index is 424. The smallest absolute Gasteiger partial charge is 0.335 e. The monoisotopic (exact) mass is 204 g/mol. The summed E-state index contributed by atoms with van der Waals surface area (Å²) in [6.07, 6.45) is 0. The third-order valence-electron chi connectivity index (χ3n) is 1.92. The van der Waals surface area contributed by atoms with Crippen molar-refractivity contribution in [3.63, 3.8) is 0 Å². The molecule has 78 valence electrons. The van der Waals surface area contributed by atoms with Gasteiger partial charge in [0, 0.05) is 0 Å². The number of hydrogen-bond acceptors (Lipinski definition) is 2. The molecule has 0 spiro atoms. The number of hydrogen-bond donors (Lipinski definition) is 1. The van der Waals surface area contributed by atoms with Crippen LogP contribution in [0, 0.1) is 18.8 Å². The first-order valence-corrected chi connectivity index (χ1v) is 4.51. The van der Waals surface area contributed by atoms with Gasteiger partial charge in [-0.2, -0.15) is 0 Å². The topological polar surface area (TPSA) is 46.5 Å². The van der Waals surface area contributed by atoms with Gasteiger partial charge in [-0.25, -0.2) is 4.79 Å². The molecule has 0 aromatic heterocycles. The standard InChI is InChI=1S/C12H12O3/c1-3-4-7-15-10-5-6-11(12(13)14)9(2)8-10/h5-6,8H,7H2,1-2H3,(H,13,14). The largest absolute Gasteiger partial charge is 0.481 e. The molecular weight excluding hydrogens is 192 g/mol. The van der Waals surface area contributed by atoms with Crippen molar-refractivity contribution in [2.75, 3.05) is 6.61 Å². The van der Waals surface area contributed by atoms with E-state index in [1.165, 1.54) is 6.07 Å². The number of ether oxygens (including phenoxy) is 1. The maximum atomic E-state index is 10.7. The second-order valence-electron chi connectivity index (χ2n) is 3.00.